The summed E-state index contributed by atoms with van der Waals surface area (Å²) in [4.78, 5) is 28.5. The molecule has 72 valence electrons. The number of nitrogens with zero attached hydrogens (tertiary/aromatic N) is 2. The molecule has 0 aliphatic rings. The van der Waals surface area contributed by atoms with Gasteiger partial charge in [0.1, 0.15) is 0 Å². The Bertz CT molecular complexity index is 224. The molecule has 0 bridgehead atoms. The third-order valence-electron chi connectivity index (χ3n) is 1.44. The van der Waals surface area contributed by atoms with Crippen LogP contribution in [-0.2, 0) is 9.59 Å². The van der Waals surface area contributed by atoms with E-state index in [0.717, 1.165) is 0 Å². The number of aliphatic imine (C=N–C) groups is 2. The van der Waals surface area contributed by atoms with E-state index in [9.17, 15) is 9.59 Å². The van der Waals surface area contributed by atoms with Crippen molar-refractivity contribution in [3.05, 3.63) is 0 Å². The highest BCUT2D eigenvalue weighted by molar-refractivity contribution is 5.90. The maximum atomic E-state index is 10.6. The standard InChI is InChI=1S/C8H13N3O2/c1-2-10-7-11-8(5-12,6-13)3-4-9/h5-6H,2-4,9H2,1H3. The summed E-state index contributed by atoms with van der Waals surface area (Å²) in [7, 11) is 0. The van der Waals surface area contributed by atoms with Crippen LogP contribution in [0.4, 0.5) is 0 Å². The Morgan fingerprint density at radius 1 is 1.46 bits per heavy atom. The van der Waals surface area contributed by atoms with E-state index in [1.165, 1.54) is 0 Å². The van der Waals surface area contributed by atoms with E-state index in [0.29, 0.717) is 19.1 Å². The highest BCUT2D eigenvalue weighted by Crippen LogP contribution is 2.07. The summed E-state index contributed by atoms with van der Waals surface area (Å²) in [6.07, 6.45) is 1.11. The minimum Gasteiger partial charge on any atom is -0.330 e. The smallest absolute Gasteiger partial charge is 0.182 e. The SMILES string of the molecule is CCN=C=NC(C=O)(C=O)CCN. The van der Waals surface area contributed by atoms with Crippen molar-refractivity contribution in [1.29, 1.82) is 0 Å². The van der Waals surface area contributed by atoms with Gasteiger partial charge in [0.2, 0.25) is 0 Å². The first-order chi connectivity index (χ1) is 6.24. The fourth-order valence-electron chi connectivity index (χ4n) is 0.685. The summed E-state index contributed by atoms with van der Waals surface area (Å²) in [5, 5.41) is 0. The molecule has 13 heavy (non-hydrogen) atoms. The van der Waals surface area contributed by atoms with Gasteiger partial charge in [-0.25, -0.2) is 9.98 Å². The van der Waals surface area contributed by atoms with Crippen molar-refractivity contribution in [3.8, 4) is 0 Å². The molecule has 0 aliphatic carbocycles. The Labute approximate surface area is 76.7 Å². The Morgan fingerprint density at radius 3 is 2.46 bits per heavy atom. The molecular weight excluding hydrogens is 170 g/mol. The number of hydrogen-bond donors (Lipinski definition) is 1. The van der Waals surface area contributed by atoms with Gasteiger partial charge in [-0.1, -0.05) is 0 Å². The van der Waals surface area contributed by atoms with Crippen molar-refractivity contribution in [1.82, 2.24) is 0 Å². The molecule has 5 heteroatoms. The molecule has 0 spiro atoms. The largest absolute Gasteiger partial charge is 0.330 e. The molecule has 0 rings (SSSR count). The summed E-state index contributed by atoms with van der Waals surface area (Å²) >= 11 is 0. The number of aldehydes is 2. The first-order valence-corrected chi connectivity index (χ1v) is 4.00. The van der Waals surface area contributed by atoms with Gasteiger partial charge in [0.05, 0.1) is 6.01 Å². The summed E-state index contributed by atoms with van der Waals surface area (Å²) in [6.45, 7) is 2.53. The molecule has 0 atom stereocenters. The zero-order chi connectivity index (χ0) is 10.2. The summed E-state index contributed by atoms with van der Waals surface area (Å²) in [5.74, 6) is 0. The average Bonchev–Trinajstić information content (AvgIpc) is 2.17. The minimum absolute atomic E-state index is 0.187. The van der Waals surface area contributed by atoms with Crippen LogP contribution in [0.1, 0.15) is 13.3 Å². The van der Waals surface area contributed by atoms with E-state index >= 15 is 0 Å². The maximum Gasteiger partial charge on any atom is 0.182 e. The molecule has 0 saturated heterocycles. The molecule has 5 nitrogen and oxygen atoms in total. The lowest BCUT2D eigenvalue weighted by atomic mass is 10.0. The van der Waals surface area contributed by atoms with Crippen LogP contribution in [0, 0.1) is 0 Å². The quantitative estimate of drug-likeness (QED) is 0.347. The molecule has 2 N–H and O–H groups in total. The molecule has 0 aromatic rings. The summed E-state index contributed by atoms with van der Waals surface area (Å²) in [6, 6.07) is 2.29. The number of carbonyl (C=O) groups is 2. The predicted molar refractivity (Wildman–Crippen MR) is 48.9 cm³/mol. The average molecular weight is 183 g/mol. The third kappa shape index (κ3) is 3.73. The monoisotopic (exact) mass is 183 g/mol. The first kappa shape index (κ1) is 11.7. The van der Waals surface area contributed by atoms with Gasteiger partial charge < -0.3 is 15.3 Å². The van der Waals surface area contributed by atoms with Crippen LogP contribution in [0.3, 0.4) is 0 Å². The predicted octanol–water partition coefficient (Wildman–Crippen LogP) is -0.334. The molecule has 0 unspecified atom stereocenters. The maximum absolute atomic E-state index is 10.6. The Balaban J connectivity index is 4.65. The molecule has 0 fully saturated rings. The van der Waals surface area contributed by atoms with Crippen molar-refractivity contribution >= 4 is 18.6 Å². The zero-order valence-electron chi connectivity index (χ0n) is 7.56. The van der Waals surface area contributed by atoms with Crippen LogP contribution < -0.4 is 5.73 Å². The Morgan fingerprint density at radius 2 is 2.08 bits per heavy atom. The van der Waals surface area contributed by atoms with Gasteiger partial charge in [0.15, 0.2) is 18.1 Å². The van der Waals surface area contributed by atoms with Crippen LogP contribution in [0.2, 0.25) is 0 Å². The minimum atomic E-state index is -1.38. The lowest BCUT2D eigenvalue weighted by Gasteiger charge is -2.11. The molecule has 0 aliphatic heterocycles. The van der Waals surface area contributed by atoms with Crippen molar-refractivity contribution in [3.63, 3.8) is 0 Å². The topological polar surface area (TPSA) is 84.9 Å². The van der Waals surface area contributed by atoms with E-state index in [-0.39, 0.29) is 13.0 Å². The van der Waals surface area contributed by atoms with Gasteiger partial charge >= 0.3 is 0 Å². The van der Waals surface area contributed by atoms with Gasteiger partial charge in [-0.3, -0.25) is 0 Å². The normalized spacial score (nSPS) is 10.0. The van der Waals surface area contributed by atoms with Gasteiger partial charge in [-0.2, -0.15) is 0 Å². The second-order valence-corrected chi connectivity index (χ2v) is 2.45. The van der Waals surface area contributed by atoms with Crippen LogP contribution in [-0.4, -0.2) is 37.2 Å². The zero-order valence-corrected chi connectivity index (χ0v) is 7.56. The van der Waals surface area contributed by atoms with Crippen molar-refractivity contribution < 1.29 is 9.59 Å². The second-order valence-electron chi connectivity index (χ2n) is 2.45. The molecule has 0 aromatic carbocycles. The van der Waals surface area contributed by atoms with Gasteiger partial charge in [-0.05, 0) is 19.9 Å². The Hall–Kier alpha value is -1.32. The van der Waals surface area contributed by atoms with E-state index in [4.69, 9.17) is 5.73 Å². The van der Waals surface area contributed by atoms with Crippen molar-refractivity contribution in [2.75, 3.05) is 13.1 Å². The molecule has 0 radical (unpaired) electrons. The number of nitrogens with two attached hydrogens (primary N) is 1. The highest BCUT2D eigenvalue weighted by atomic mass is 16.1. The lowest BCUT2D eigenvalue weighted by molar-refractivity contribution is -0.120. The first-order valence-electron chi connectivity index (χ1n) is 4.00. The number of carbonyl (C=O) groups excluding carboxylic acids is 2. The van der Waals surface area contributed by atoms with Gasteiger partial charge in [0.25, 0.3) is 0 Å². The third-order valence-corrected chi connectivity index (χ3v) is 1.44. The summed E-state index contributed by atoms with van der Waals surface area (Å²) < 4.78 is 0. The molecule has 0 amide bonds. The van der Waals surface area contributed by atoms with Crippen LogP contribution >= 0.6 is 0 Å². The van der Waals surface area contributed by atoms with E-state index in [1.807, 2.05) is 0 Å². The molecule has 0 aromatic heterocycles. The second kappa shape index (κ2) is 6.22. The fraction of sp³-hybridized carbons (Fsp3) is 0.625. The fourth-order valence-corrected chi connectivity index (χ4v) is 0.685. The van der Waals surface area contributed by atoms with Crippen molar-refractivity contribution in [2.45, 2.75) is 18.9 Å². The lowest BCUT2D eigenvalue weighted by Crippen LogP contribution is -2.33. The van der Waals surface area contributed by atoms with Crippen LogP contribution in [0.15, 0.2) is 9.98 Å². The molecular formula is C8H13N3O2. The van der Waals surface area contributed by atoms with Gasteiger partial charge in [-0.15, -0.1) is 0 Å². The van der Waals surface area contributed by atoms with Gasteiger partial charge in [0, 0.05) is 6.54 Å². The van der Waals surface area contributed by atoms with Crippen molar-refractivity contribution in [2.24, 2.45) is 15.7 Å². The van der Waals surface area contributed by atoms with E-state index in [2.05, 4.69) is 16.0 Å². The van der Waals surface area contributed by atoms with E-state index in [1.54, 1.807) is 6.92 Å². The van der Waals surface area contributed by atoms with E-state index < -0.39 is 5.54 Å². The highest BCUT2D eigenvalue weighted by Gasteiger charge is 2.27. The summed E-state index contributed by atoms with van der Waals surface area (Å²) in [5.41, 5.74) is 3.85. The molecule has 0 heterocycles. The Kier molecular flexibility index (Phi) is 5.59. The van der Waals surface area contributed by atoms with Crippen LogP contribution in [0.5, 0.6) is 0 Å². The molecule has 0 saturated carbocycles. The van der Waals surface area contributed by atoms with Crippen LogP contribution in [0.25, 0.3) is 0 Å². The number of hydrogen-bond acceptors (Lipinski definition) is 5. The number of rotatable bonds is 6.